The van der Waals surface area contributed by atoms with E-state index in [1.807, 2.05) is 18.2 Å². The minimum absolute atomic E-state index is 0.00705. The van der Waals surface area contributed by atoms with Crippen LogP contribution in [0.3, 0.4) is 0 Å². The van der Waals surface area contributed by atoms with E-state index in [2.05, 4.69) is 24.8 Å². The van der Waals surface area contributed by atoms with E-state index in [1.165, 1.54) is 0 Å². The van der Waals surface area contributed by atoms with Crippen molar-refractivity contribution in [1.82, 2.24) is 0 Å². The van der Waals surface area contributed by atoms with Gasteiger partial charge in [0.25, 0.3) is 0 Å². The van der Waals surface area contributed by atoms with Crippen molar-refractivity contribution in [3.05, 3.63) is 125 Å². The van der Waals surface area contributed by atoms with Gasteiger partial charge in [0.05, 0.1) is 35.1 Å². The van der Waals surface area contributed by atoms with Crippen LogP contribution in [0.2, 0.25) is 0 Å². The second kappa shape index (κ2) is 15.0. The number of hydrogen-bond acceptors (Lipinski definition) is 7. The zero-order valence-corrected chi connectivity index (χ0v) is 29.5. The lowest BCUT2D eigenvalue weighted by atomic mass is 10.1. The Labute approximate surface area is 312 Å². The average molecular weight is 717 g/mol. The number of nitriles is 2. The molecule has 4 heterocycles. The number of amides is 4. The van der Waals surface area contributed by atoms with E-state index < -0.39 is 5.92 Å². The fourth-order valence-electron chi connectivity index (χ4n) is 7.67. The van der Waals surface area contributed by atoms with Crippen LogP contribution in [-0.4, -0.2) is 56.1 Å². The van der Waals surface area contributed by atoms with Crippen molar-refractivity contribution in [1.29, 1.82) is 10.5 Å². The Kier molecular flexibility index (Phi) is 9.89. The van der Waals surface area contributed by atoms with Gasteiger partial charge < -0.3 is 19.6 Å². The standard InChI is InChI=1S/C22H19N3O2.C21H17N3O3/c1-2-15-6-7-20-17(10-15)8-9-24(20)22(27)18-12-21(26)25(14-18)19-5-3-4-16(11-19)13-23;22-11-14-2-1-3-18(9-14)24-12-17(10-20(24)26)21(27)23-7-6-16-8-15(13-25)4-5-19(16)23/h2-7,10-11,18H,1,8-9,12,14H2;1-5,8-9,13,17H,6-7,10,12H2. The first-order valence-corrected chi connectivity index (χ1v) is 17.8. The minimum atomic E-state index is -0.417. The molecule has 0 aromatic heterocycles. The van der Waals surface area contributed by atoms with E-state index >= 15 is 0 Å². The highest BCUT2D eigenvalue weighted by atomic mass is 16.2. The molecule has 0 aliphatic carbocycles. The van der Waals surface area contributed by atoms with Crippen molar-refractivity contribution in [3.8, 4) is 12.1 Å². The Morgan fingerprint density at radius 2 is 1.13 bits per heavy atom. The predicted molar refractivity (Wildman–Crippen MR) is 204 cm³/mol. The van der Waals surface area contributed by atoms with Crippen LogP contribution in [0, 0.1) is 34.5 Å². The maximum atomic E-state index is 13.1. The van der Waals surface area contributed by atoms with Crippen LogP contribution in [-0.2, 0) is 32.0 Å². The molecular weight excluding hydrogens is 681 g/mol. The number of anilines is 4. The van der Waals surface area contributed by atoms with Gasteiger partial charge in [-0.05, 0) is 96.3 Å². The minimum Gasteiger partial charge on any atom is -0.312 e. The van der Waals surface area contributed by atoms with Gasteiger partial charge in [0, 0.05) is 67.3 Å². The Morgan fingerprint density at radius 1 is 0.667 bits per heavy atom. The summed E-state index contributed by atoms with van der Waals surface area (Å²) in [5.74, 6) is -1.05. The molecular formula is C43H36N6O5. The Morgan fingerprint density at radius 3 is 1.57 bits per heavy atom. The third-order valence-electron chi connectivity index (χ3n) is 10.4. The molecule has 11 nitrogen and oxygen atoms in total. The number of rotatable bonds is 6. The number of hydrogen-bond donors (Lipinski definition) is 0. The fraction of sp³-hybridized carbons (Fsp3) is 0.233. The molecule has 0 radical (unpaired) electrons. The molecule has 268 valence electrons. The normalized spacial score (nSPS) is 18.3. The third-order valence-corrected chi connectivity index (χ3v) is 10.4. The summed E-state index contributed by atoms with van der Waals surface area (Å²) in [7, 11) is 0. The van der Waals surface area contributed by atoms with Crippen LogP contribution in [0.25, 0.3) is 6.08 Å². The SMILES string of the molecule is C=Cc1ccc2c(c1)CCN2C(=O)C1CC(=O)N(c2cccc(C#N)c2)C1.N#Cc1cccc(N2CC(C(=O)N3CCc4cc(C=O)ccc43)CC2=O)c1. The van der Waals surface area contributed by atoms with Crippen LogP contribution in [0.4, 0.5) is 22.7 Å². The van der Waals surface area contributed by atoms with Gasteiger partial charge in [-0.25, -0.2) is 0 Å². The predicted octanol–water partition coefficient (Wildman–Crippen LogP) is 5.46. The highest BCUT2D eigenvalue weighted by Crippen LogP contribution is 2.35. The van der Waals surface area contributed by atoms with Crippen molar-refractivity contribution in [3.63, 3.8) is 0 Å². The van der Waals surface area contributed by atoms with Crippen LogP contribution in [0.15, 0.2) is 91.5 Å². The molecule has 11 heteroatoms. The molecule has 4 aliphatic heterocycles. The van der Waals surface area contributed by atoms with Gasteiger partial charge in [-0.3, -0.25) is 24.0 Å². The fourth-order valence-corrected chi connectivity index (χ4v) is 7.67. The maximum absolute atomic E-state index is 13.1. The van der Waals surface area contributed by atoms with E-state index in [4.69, 9.17) is 10.5 Å². The van der Waals surface area contributed by atoms with Gasteiger partial charge in [-0.15, -0.1) is 0 Å². The lowest BCUT2D eigenvalue weighted by Gasteiger charge is -2.22. The van der Waals surface area contributed by atoms with Gasteiger partial charge in [-0.1, -0.05) is 30.9 Å². The summed E-state index contributed by atoms with van der Waals surface area (Å²) in [6.45, 7) is 5.65. The number of carbonyl (C=O) groups excluding carboxylic acids is 5. The summed E-state index contributed by atoms with van der Waals surface area (Å²) in [6.07, 6.45) is 4.48. The van der Waals surface area contributed by atoms with Crippen LogP contribution < -0.4 is 19.6 Å². The molecule has 4 amide bonds. The highest BCUT2D eigenvalue weighted by Gasteiger charge is 2.40. The van der Waals surface area contributed by atoms with Crippen molar-refractivity contribution in [2.75, 3.05) is 45.8 Å². The van der Waals surface area contributed by atoms with Crippen LogP contribution in [0.1, 0.15) is 51.0 Å². The van der Waals surface area contributed by atoms with Gasteiger partial charge in [-0.2, -0.15) is 10.5 Å². The second-order valence-corrected chi connectivity index (χ2v) is 13.7. The van der Waals surface area contributed by atoms with Crippen molar-refractivity contribution in [2.45, 2.75) is 25.7 Å². The molecule has 54 heavy (non-hydrogen) atoms. The first kappa shape index (κ1) is 35.5. The van der Waals surface area contributed by atoms with E-state index in [0.717, 1.165) is 40.8 Å². The largest absolute Gasteiger partial charge is 0.312 e. The van der Waals surface area contributed by atoms with Crippen molar-refractivity contribution >= 4 is 58.7 Å². The van der Waals surface area contributed by atoms with Gasteiger partial charge in [0.1, 0.15) is 6.29 Å². The van der Waals surface area contributed by atoms with E-state index in [0.29, 0.717) is 60.7 Å². The smallest absolute Gasteiger partial charge is 0.232 e. The summed E-state index contributed by atoms with van der Waals surface area (Å²) >= 11 is 0. The number of carbonyl (C=O) groups is 5. The molecule has 2 fully saturated rings. The highest BCUT2D eigenvalue weighted by molar-refractivity contribution is 6.06. The summed E-state index contributed by atoms with van der Waals surface area (Å²) in [6, 6.07) is 29.2. The molecule has 0 bridgehead atoms. The summed E-state index contributed by atoms with van der Waals surface area (Å²) in [5.41, 5.74) is 7.82. The number of aldehydes is 1. The molecule has 0 saturated carbocycles. The first-order valence-electron chi connectivity index (χ1n) is 17.8. The zero-order valence-electron chi connectivity index (χ0n) is 29.5. The summed E-state index contributed by atoms with van der Waals surface area (Å²) in [4.78, 5) is 68.7. The monoisotopic (exact) mass is 716 g/mol. The van der Waals surface area contributed by atoms with Crippen molar-refractivity contribution < 1.29 is 24.0 Å². The van der Waals surface area contributed by atoms with Crippen LogP contribution >= 0.6 is 0 Å². The lowest BCUT2D eigenvalue weighted by molar-refractivity contribution is -0.124. The summed E-state index contributed by atoms with van der Waals surface area (Å²) < 4.78 is 0. The zero-order chi connectivity index (χ0) is 37.9. The summed E-state index contributed by atoms with van der Waals surface area (Å²) in [5, 5.41) is 18.1. The van der Waals surface area contributed by atoms with Crippen LogP contribution in [0.5, 0.6) is 0 Å². The van der Waals surface area contributed by atoms with Gasteiger partial charge in [0.15, 0.2) is 0 Å². The molecule has 8 rings (SSSR count). The molecule has 4 aliphatic rings. The van der Waals surface area contributed by atoms with E-state index in [-0.39, 0.29) is 42.4 Å². The molecule has 0 N–H and O–H groups in total. The quantitative estimate of drug-likeness (QED) is 0.241. The Balaban J connectivity index is 0.000000167. The second-order valence-electron chi connectivity index (χ2n) is 13.7. The Bertz CT molecular complexity index is 2140. The molecule has 2 unspecified atom stereocenters. The van der Waals surface area contributed by atoms with E-state index in [1.54, 1.807) is 86.3 Å². The topological polar surface area (TPSA) is 146 Å². The molecule has 2 saturated heterocycles. The molecule has 2 atom stereocenters. The number of benzene rings is 4. The van der Waals surface area contributed by atoms with Crippen molar-refractivity contribution in [2.24, 2.45) is 11.8 Å². The maximum Gasteiger partial charge on any atom is 0.232 e. The molecule has 4 aromatic rings. The van der Waals surface area contributed by atoms with Gasteiger partial charge >= 0.3 is 0 Å². The Hall–Kier alpha value is -6.85. The number of nitrogens with zero attached hydrogens (tertiary/aromatic N) is 6. The van der Waals surface area contributed by atoms with Gasteiger partial charge in [0.2, 0.25) is 23.6 Å². The average Bonchev–Trinajstić information content (AvgIpc) is 4.02. The third kappa shape index (κ3) is 6.87. The van der Waals surface area contributed by atoms with E-state index in [9.17, 15) is 24.0 Å². The molecule has 0 spiro atoms. The molecule has 4 aromatic carbocycles. The number of fused-ring (bicyclic) bond motifs is 2. The first-order chi connectivity index (χ1) is 26.2. The lowest BCUT2D eigenvalue weighted by Crippen LogP contribution is -2.36.